The summed E-state index contributed by atoms with van der Waals surface area (Å²) in [5.74, 6) is 1.04. The van der Waals surface area contributed by atoms with Crippen LogP contribution in [0.4, 0.5) is 0 Å². The van der Waals surface area contributed by atoms with Crippen molar-refractivity contribution in [1.29, 1.82) is 0 Å². The van der Waals surface area contributed by atoms with Gasteiger partial charge in [-0.25, -0.2) is 0 Å². The molecule has 1 aromatic heterocycles. The molecule has 2 aromatic carbocycles. The highest BCUT2D eigenvalue weighted by atomic mass is 16.5. The lowest BCUT2D eigenvalue weighted by Gasteiger charge is -2.28. The normalized spacial score (nSPS) is 12.1. The number of aromatic hydroxyl groups is 1. The van der Waals surface area contributed by atoms with Gasteiger partial charge >= 0.3 is 0 Å². The van der Waals surface area contributed by atoms with E-state index in [1.54, 1.807) is 23.1 Å². The van der Waals surface area contributed by atoms with Crippen LogP contribution in [0, 0.1) is 0 Å². The van der Waals surface area contributed by atoms with Crippen LogP contribution in [0.25, 0.3) is 22.3 Å². The van der Waals surface area contributed by atoms with Crippen molar-refractivity contribution in [2.45, 2.75) is 66.2 Å². The average molecular weight is 480 g/mol. The SMILES string of the molecule is CCN(CC)C(=O)COc1ccc2c(=O)cc(-c3cc(C(C)(C)C)c(O)c(C(C)(C)C)c3)oc2c1. The topological polar surface area (TPSA) is 80.0 Å². The van der Waals surface area contributed by atoms with Gasteiger partial charge in [0.15, 0.2) is 12.0 Å². The van der Waals surface area contributed by atoms with Crippen LogP contribution in [-0.4, -0.2) is 35.6 Å². The quantitative estimate of drug-likeness (QED) is 0.468. The number of phenolic OH excluding ortho intramolecular Hbond substituents is 1. The number of rotatable bonds is 6. The molecule has 1 N–H and O–H groups in total. The third kappa shape index (κ3) is 5.69. The summed E-state index contributed by atoms with van der Waals surface area (Å²) in [5, 5.41) is 11.5. The maximum atomic E-state index is 12.9. The molecular formula is C29H37NO5. The van der Waals surface area contributed by atoms with E-state index in [0.29, 0.717) is 35.6 Å². The zero-order valence-electron chi connectivity index (χ0n) is 22.1. The van der Waals surface area contributed by atoms with Crippen LogP contribution >= 0.6 is 0 Å². The Morgan fingerprint density at radius 3 is 2.03 bits per heavy atom. The van der Waals surface area contributed by atoms with Gasteiger partial charge in [-0.05, 0) is 48.9 Å². The second kappa shape index (κ2) is 9.76. The Bertz CT molecular complexity index is 1250. The van der Waals surface area contributed by atoms with Gasteiger partial charge in [0.1, 0.15) is 22.8 Å². The zero-order valence-corrected chi connectivity index (χ0v) is 22.1. The zero-order chi connectivity index (χ0) is 26.1. The fourth-order valence-electron chi connectivity index (χ4n) is 4.10. The molecule has 0 radical (unpaired) electrons. The Hall–Kier alpha value is -3.28. The molecule has 35 heavy (non-hydrogen) atoms. The second-order valence-corrected chi connectivity index (χ2v) is 10.9. The molecule has 188 valence electrons. The van der Waals surface area contributed by atoms with Gasteiger partial charge in [0.25, 0.3) is 5.91 Å². The van der Waals surface area contributed by atoms with Crippen molar-refractivity contribution in [1.82, 2.24) is 4.90 Å². The summed E-state index contributed by atoms with van der Waals surface area (Å²) in [6.07, 6.45) is 0. The first kappa shape index (κ1) is 26.3. The molecule has 0 unspecified atom stereocenters. The summed E-state index contributed by atoms with van der Waals surface area (Å²) < 4.78 is 11.9. The Kier molecular flexibility index (Phi) is 7.34. The van der Waals surface area contributed by atoms with E-state index >= 15 is 0 Å². The van der Waals surface area contributed by atoms with Crippen LogP contribution < -0.4 is 10.2 Å². The first-order chi connectivity index (χ1) is 16.3. The van der Waals surface area contributed by atoms with Gasteiger partial charge in [-0.15, -0.1) is 0 Å². The molecule has 3 aromatic rings. The standard InChI is InChI=1S/C29H37NO5/c1-9-30(10-2)26(32)17-34-19-11-12-20-23(31)16-24(35-25(20)15-19)18-13-21(28(3,4)5)27(33)22(14-18)29(6,7)8/h11-16,33H,9-10,17H2,1-8H3. The Morgan fingerprint density at radius 2 is 1.51 bits per heavy atom. The molecule has 0 bridgehead atoms. The van der Waals surface area contributed by atoms with Crippen molar-refractivity contribution < 1.29 is 19.1 Å². The summed E-state index contributed by atoms with van der Waals surface area (Å²) in [6, 6.07) is 10.2. The number of nitrogens with zero attached hydrogens (tertiary/aromatic N) is 1. The summed E-state index contributed by atoms with van der Waals surface area (Å²) in [4.78, 5) is 26.9. The van der Waals surface area contributed by atoms with Crippen molar-refractivity contribution in [3.63, 3.8) is 0 Å². The van der Waals surface area contributed by atoms with Crippen molar-refractivity contribution in [3.8, 4) is 22.8 Å². The van der Waals surface area contributed by atoms with E-state index in [2.05, 4.69) is 0 Å². The molecule has 0 saturated heterocycles. The predicted molar refractivity (Wildman–Crippen MR) is 140 cm³/mol. The highest BCUT2D eigenvalue weighted by Gasteiger charge is 2.27. The molecule has 1 heterocycles. The average Bonchev–Trinajstić information content (AvgIpc) is 2.76. The van der Waals surface area contributed by atoms with Gasteiger partial charge in [-0.2, -0.15) is 0 Å². The predicted octanol–water partition coefficient (Wildman–Crippen LogP) is 6.01. The van der Waals surface area contributed by atoms with Crippen LogP contribution in [-0.2, 0) is 15.6 Å². The maximum Gasteiger partial charge on any atom is 0.260 e. The first-order valence-electron chi connectivity index (χ1n) is 12.1. The number of carbonyl (C=O) groups excluding carboxylic acids is 1. The number of fused-ring (bicyclic) bond motifs is 1. The highest BCUT2D eigenvalue weighted by molar-refractivity contribution is 5.81. The monoisotopic (exact) mass is 479 g/mol. The van der Waals surface area contributed by atoms with E-state index in [0.717, 1.165) is 16.7 Å². The molecule has 0 saturated carbocycles. The summed E-state index contributed by atoms with van der Waals surface area (Å²) in [6.45, 7) is 17.2. The van der Waals surface area contributed by atoms with Crippen LogP contribution in [0.1, 0.15) is 66.5 Å². The van der Waals surface area contributed by atoms with Gasteiger partial charge in [-0.3, -0.25) is 9.59 Å². The maximum absolute atomic E-state index is 12.9. The van der Waals surface area contributed by atoms with E-state index in [1.807, 2.05) is 67.5 Å². The lowest BCUT2D eigenvalue weighted by atomic mass is 9.78. The summed E-state index contributed by atoms with van der Waals surface area (Å²) in [5.41, 5.74) is 1.88. The second-order valence-electron chi connectivity index (χ2n) is 10.9. The molecule has 0 atom stereocenters. The van der Waals surface area contributed by atoms with E-state index in [4.69, 9.17) is 9.15 Å². The molecule has 6 heteroatoms. The Labute approximate surface area is 207 Å². The minimum absolute atomic E-state index is 0.0844. The molecule has 0 fully saturated rings. The number of likely N-dealkylation sites (N-methyl/N-ethyl adjacent to an activating group) is 1. The molecule has 0 aliphatic carbocycles. The fraction of sp³-hybridized carbons (Fsp3) is 0.448. The lowest BCUT2D eigenvalue weighted by molar-refractivity contribution is -0.132. The van der Waals surface area contributed by atoms with Gasteiger partial charge < -0.3 is 19.2 Å². The smallest absolute Gasteiger partial charge is 0.260 e. The molecule has 6 nitrogen and oxygen atoms in total. The van der Waals surface area contributed by atoms with Crippen LogP contribution in [0.2, 0.25) is 0 Å². The largest absolute Gasteiger partial charge is 0.507 e. The minimum atomic E-state index is -0.310. The van der Waals surface area contributed by atoms with Crippen molar-refractivity contribution in [3.05, 3.63) is 57.7 Å². The number of amides is 1. The number of hydrogen-bond acceptors (Lipinski definition) is 5. The fourth-order valence-corrected chi connectivity index (χ4v) is 4.10. The Morgan fingerprint density at radius 1 is 0.943 bits per heavy atom. The van der Waals surface area contributed by atoms with Gasteiger partial charge in [0.2, 0.25) is 0 Å². The lowest BCUT2D eigenvalue weighted by Crippen LogP contribution is -2.34. The van der Waals surface area contributed by atoms with E-state index in [1.165, 1.54) is 6.07 Å². The van der Waals surface area contributed by atoms with Gasteiger partial charge in [0.05, 0.1) is 5.39 Å². The number of hydrogen-bond donors (Lipinski definition) is 1. The van der Waals surface area contributed by atoms with Crippen LogP contribution in [0.5, 0.6) is 11.5 Å². The van der Waals surface area contributed by atoms with Crippen LogP contribution in [0.3, 0.4) is 0 Å². The summed E-state index contributed by atoms with van der Waals surface area (Å²) >= 11 is 0. The minimum Gasteiger partial charge on any atom is -0.507 e. The van der Waals surface area contributed by atoms with E-state index < -0.39 is 0 Å². The first-order valence-corrected chi connectivity index (χ1v) is 12.1. The van der Waals surface area contributed by atoms with Crippen LogP contribution in [0.15, 0.2) is 45.6 Å². The van der Waals surface area contributed by atoms with Crippen molar-refractivity contribution in [2.24, 2.45) is 0 Å². The molecule has 0 spiro atoms. The number of phenols is 1. The number of carbonyl (C=O) groups is 1. The van der Waals surface area contributed by atoms with Crippen molar-refractivity contribution >= 4 is 16.9 Å². The highest BCUT2D eigenvalue weighted by Crippen LogP contribution is 2.42. The van der Waals surface area contributed by atoms with E-state index in [-0.39, 0.29) is 34.5 Å². The van der Waals surface area contributed by atoms with Crippen molar-refractivity contribution in [2.75, 3.05) is 19.7 Å². The third-order valence-corrected chi connectivity index (χ3v) is 6.19. The molecule has 0 aliphatic heterocycles. The Balaban J connectivity index is 2.08. The molecule has 0 aliphatic rings. The third-order valence-electron chi connectivity index (χ3n) is 6.19. The van der Waals surface area contributed by atoms with Gasteiger partial charge in [-0.1, -0.05) is 41.5 Å². The van der Waals surface area contributed by atoms with E-state index in [9.17, 15) is 14.7 Å². The van der Waals surface area contributed by atoms with Gasteiger partial charge in [0, 0.05) is 41.9 Å². The molecule has 1 amide bonds. The molecular weight excluding hydrogens is 442 g/mol. The molecule has 3 rings (SSSR count). The number of benzene rings is 2. The number of ether oxygens (including phenoxy) is 1. The summed E-state index contributed by atoms with van der Waals surface area (Å²) in [7, 11) is 0.